The highest BCUT2D eigenvalue weighted by atomic mass is 19.3. The van der Waals surface area contributed by atoms with Crippen LogP contribution in [0.25, 0.3) is 11.5 Å². The van der Waals surface area contributed by atoms with Crippen molar-refractivity contribution >= 4 is 5.95 Å². The third-order valence-corrected chi connectivity index (χ3v) is 4.16. The van der Waals surface area contributed by atoms with Crippen molar-refractivity contribution < 1.29 is 26.7 Å². The van der Waals surface area contributed by atoms with Gasteiger partial charge >= 0.3 is 6.43 Å². The molecule has 2 heterocycles. The smallest absolute Gasteiger partial charge is 0.314 e. The maximum atomic E-state index is 14.1. The Kier molecular flexibility index (Phi) is 5.38. The summed E-state index contributed by atoms with van der Waals surface area (Å²) in [7, 11) is 0. The van der Waals surface area contributed by atoms with Gasteiger partial charge in [-0.15, -0.1) is 10.2 Å². The second-order valence-corrected chi connectivity index (χ2v) is 6.41. The third kappa shape index (κ3) is 4.67. The molecule has 7 nitrogen and oxygen atoms in total. The SMILES string of the molecule is Fc1ccc([C@H](CNc2ncc(-c3nnc(C(F)F)o3)cn2)OC2CC2)c(F)c1. The van der Waals surface area contributed by atoms with Crippen LogP contribution >= 0.6 is 0 Å². The molecule has 11 heteroatoms. The average Bonchev–Trinajstić information content (AvgIpc) is 3.37. The number of hydrogen-bond donors (Lipinski definition) is 1. The molecule has 1 atom stereocenters. The number of ether oxygens (including phenoxy) is 1. The van der Waals surface area contributed by atoms with Crippen molar-refractivity contribution in [3.05, 3.63) is 53.7 Å². The van der Waals surface area contributed by atoms with Gasteiger partial charge in [0.15, 0.2) is 0 Å². The lowest BCUT2D eigenvalue weighted by atomic mass is 10.1. The predicted molar refractivity (Wildman–Crippen MR) is 92.0 cm³/mol. The summed E-state index contributed by atoms with van der Waals surface area (Å²) in [5.41, 5.74) is 0.498. The van der Waals surface area contributed by atoms with Gasteiger partial charge in [0.2, 0.25) is 5.95 Å². The standard InChI is InChI=1S/C18H15F4N5O2/c19-10-1-4-12(13(20)5-10)14(28-11-2-3-11)8-25-18-23-6-9(7-24-18)16-26-27-17(29-16)15(21)22/h1,4-7,11,14-15H,2-3,8H2,(H,23,24,25)/t14-/m0/s1. The van der Waals surface area contributed by atoms with E-state index < -0.39 is 30.1 Å². The van der Waals surface area contributed by atoms with Crippen LogP contribution < -0.4 is 5.32 Å². The van der Waals surface area contributed by atoms with E-state index in [1.807, 2.05) is 0 Å². The van der Waals surface area contributed by atoms with E-state index in [1.165, 1.54) is 24.5 Å². The van der Waals surface area contributed by atoms with E-state index in [0.29, 0.717) is 0 Å². The van der Waals surface area contributed by atoms with Crippen LogP contribution in [-0.4, -0.2) is 32.8 Å². The summed E-state index contributed by atoms with van der Waals surface area (Å²) in [5.74, 6) is -2.08. The van der Waals surface area contributed by atoms with Crippen LogP contribution in [0.3, 0.4) is 0 Å². The van der Waals surface area contributed by atoms with Crippen LogP contribution in [0, 0.1) is 11.6 Å². The van der Waals surface area contributed by atoms with Crippen molar-refractivity contribution in [2.45, 2.75) is 31.5 Å². The van der Waals surface area contributed by atoms with Crippen molar-refractivity contribution in [3.63, 3.8) is 0 Å². The normalized spacial score (nSPS) is 14.9. The van der Waals surface area contributed by atoms with Crippen LogP contribution in [-0.2, 0) is 4.74 Å². The van der Waals surface area contributed by atoms with E-state index in [2.05, 4.69) is 25.5 Å². The first-order valence-corrected chi connectivity index (χ1v) is 8.78. The summed E-state index contributed by atoms with van der Waals surface area (Å²) in [5, 5.41) is 9.68. The molecule has 0 saturated heterocycles. The fourth-order valence-electron chi connectivity index (χ4n) is 2.58. The second-order valence-electron chi connectivity index (χ2n) is 6.41. The van der Waals surface area contributed by atoms with Crippen LogP contribution in [0.15, 0.2) is 35.0 Å². The molecule has 1 aromatic carbocycles. The fourth-order valence-corrected chi connectivity index (χ4v) is 2.58. The molecule has 1 aliphatic rings. The number of anilines is 1. The summed E-state index contributed by atoms with van der Waals surface area (Å²) < 4.78 is 63.0. The number of halogens is 4. The van der Waals surface area contributed by atoms with Crippen LogP contribution in [0.2, 0.25) is 0 Å². The van der Waals surface area contributed by atoms with Gasteiger partial charge in [0.25, 0.3) is 11.8 Å². The Morgan fingerprint density at radius 3 is 2.52 bits per heavy atom. The maximum Gasteiger partial charge on any atom is 0.314 e. The molecule has 2 aromatic heterocycles. The number of nitrogens with zero attached hydrogens (tertiary/aromatic N) is 4. The first kappa shape index (κ1) is 19.2. The summed E-state index contributed by atoms with van der Waals surface area (Å²) in [4.78, 5) is 8.12. The van der Waals surface area contributed by atoms with Gasteiger partial charge in [-0.05, 0) is 18.9 Å². The maximum absolute atomic E-state index is 14.1. The van der Waals surface area contributed by atoms with E-state index in [1.54, 1.807) is 0 Å². The zero-order chi connectivity index (χ0) is 20.4. The Balaban J connectivity index is 1.44. The fraction of sp³-hybridized carbons (Fsp3) is 0.333. The number of alkyl halides is 2. The molecule has 1 aliphatic carbocycles. The third-order valence-electron chi connectivity index (χ3n) is 4.16. The molecule has 1 saturated carbocycles. The van der Waals surface area contributed by atoms with Gasteiger partial charge in [0.1, 0.15) is 17.7 Å². The molecular formula is C18H15F4N5O2. The van der Waals surface area contributed by atoms with Gasteiger partial charge in [-0.1, -0.05) is 6.07 Å². The molecule has 152 valence electrons. The number of benzene rings is 1. The van der Waals surface area contributed by atoms with Gasteiger partial charge in [0.05, 0.1) is 11.7 Å². The van der Waals surface area contributed by atoms with E-state index in [-0.39, 0.29) is 35.6 Å². The highest BCUT2D eigenvalue weighted by molar-refractivity contribution is 5.50. The van der Waals surface area contributed by atoms with Crippen LogP contribution in [0.4, 0.5) is 23.5 Å². The monoisotopic (exact) mass is 409 g/mol. The molecule has 0 amide bonds. The Labute approximate surface area is 162 Å². The Hall–Kier alpha value is -3.08. The topological polar surface area (TPSA) is 86.0 Å². The lowest BCUT2D eigenvalue weighted by molar-refractivity contribution is 0.0453. The molecule has 0 radical (unpaired) electrons. The van der Waals surface area contributed by atoms with Gasteiger partial charge in [-0.2, -0.15) is 8.78 Å². The zero-order valence-electron chi connectivity index (χ0n) is 14.9. The lowest BCUT2D eigenvalue weighted by Gasteiger charge is -2.19. The molecule has 1 fully saturated rings. The second kappa shape index (κ2) is 8.11. The first-order chi connectivity index (χ1) is 14.0. The van der Waals surface area contributed by atoms with Crippen LogP contribution in [0.1, 0.15) is 36.8 Å². The highest BCUT2D eigenvalue weighted by Gasteiger charge is 2.28. The van der Waals surface area contributed by atoms with Crippen molar-refractivity contribution in [1.82, 2.24) is 20.2 Å². The molecule has 0 aliphatic heterocycles. The molecule has 29 heavy (non-hydrogen) atoms. The van der Waals surface area contributed by atoms with Gasteiger partial charge in [-0.25, -0.2) is 18.7 Å². The highest BCUT2D eigenvalue weighted by Crippen LogP contribution is 2.32. The van der Waals surface area contributed by atoms with E-state index in [9.17, 15) is 17.6 Å². The molecule has 3 aromatic rings. The minimum absolute atomic E-state index is 0.0381. The quantitative estimate of drug-likeness (QED) is 0.561. The van der Waals surface area contributed by atoms with Gasteiger partial charge in [-0.3, -0.25) is 0 Å². The van der Waals surface area contributed by atoms with Crippen LogP contribution in [0.5, 0.6) is 0 Å². The Morgan fingerprint density at radius 2 is 1.90 bits per heavy atom. The average molecular weight is 409 g/mol. The summed E-state index contributed by atoms with van der Waals surface area (Å²) in [6, 6.07) is 3.33. The number of aromatic nitrogens is 4. The van der Waals surface area contributed by atoms with Gasteiger partial charge in [0, 0.05) is 30.6 Å². The summed E-state index contributed by atoms with van der Waals surface area (Å²) in [6.45, 7) is 0.147. The number of rotatable bonds is 8. The Bertz CT molecular complexity index is 979. The minimum Gasteiger partial charge on any atom is -0.415 e. The van der Waals surface area contributed by atoms with E-state index in [0.717, 1.165) is 18.9 Å². The lowest BCUT2D eigenvalue weighted by Crippen LogP contribution is -2.19. The molecule has 4 rings (SSSR count). The minimum atomic E-state index is -2.87. The van der Waals surface area contributed by atoms with Crippen molar-refractivity contribution in [2.24, 2.45) is 0 Å². The number of nitrogens with one attached hydrogen (secondary N) is 1. The molecule has 1 N–H and O–H groups in total. The van der Waals surface area contributed by atoms with Gasteiger partial charge < -0.3 is 14.5 Å². The molecule has 0 unspecified atom stereocenters. The molecule has 0 bridgehead atoms. The Morgan fingerprint density at radius 1 is 1.14 bits per heavy atom. The largest absolute Gasteiger partial charge is 0.415 e. The summed E-state index contributed by atoms with van der Waals surface area (Å²) in [6.07, 6.45) is 0.936. The van der Waals surface area contributed by atoms with Crippen molar-refractivity contribution in [1.29, 1.82) is 0 Å². The van der Waals surface area contributed by atoms with Crippen molar-refractivity contribution in [2.75, 3.05) is 11.9 Å². The van der Waals surface area contributed by atoms with Crippen molar-refractivity contribution in [3.8, 4) is 11.5 Å². The molecule has 0 spiro atoms. The van der Waals surface area contributed by atoms with E-state index in [4.69, 9.17) is 9.15 Å². The first-order valence-electron chi connectivity index (χ1n) is 8.78. The van der Waals surface area contributed by atoms with E-state index >= 15 is 0 Å². The summed E-state index contributed by atoms with van der Waals surface area (Å²) >= 11 is 0. The molecular weight excluding hydrogens is 394 g/mol. The zero-order valence-corrected chi connectivity index (χ0v) is 14.9. The predicted octanol–water partition coefficient (Wildman–Crippen LogP) is 4.07. The number of hydrogen-bond acceptors (Lipinski definition) is 7.